The summed E-state index contributed by atoms with van der Waals surface area (Å²) in [4.78, 5) is 30.5. The maximum Gasteiger partial charge on any atom is 0.309 e. The maximum absolute atomic E-state index is 13.3. The first-order valence-corrected chi connectivity index (χ1v) is 11.1. The molecule has 0 spiro atoms. The van der Waals surface area contributed by atoms with Crippen LogP contribution >= 0.6 is 0 Å². The van der Waals surface area contributed by atoms with Crippen LogP contribution in [0.4, 0.5) is 0 Å². The third-order valence-corrected chi connectivity index (χ3v) is 7.68. The zero-order valence-corrected chi connectivity index (χ0v) is 17.3. The van der Waals surface area contributed by atoms with Crippen molar-refractivity contribution in [2.45, 2.75) is 82.7 Å². The maximum atomic E-state index is 13.3. The minimum Gasteiger partial charge on any atom is -0.481 e. The predicted molar refractivity (Wildman–Crippen MR) is 112 cm³/mol. The highest BCUT2D eigenvalue weighted by atomic mass is 16.4. The van der Waals surface area contributed by atoms with Crippen molar-refractivity contribution in [3.8, 4) is 0 Å². The average molecular weight is 395 g/mol. The second-order valence-electron chi connectivity index (χ2n) is 9.61. The lowest BCUT2D eigenvalue weighted by molar-refractivity contribution is -0.181. The number of carboxylic acid groups (broad SMARTS) is 1. The standard InChI is InChI=1S/C24H30N2O3/c1-3-16-10-24(23(28)29)11-17(12-24)26(16)21(27)9-14(2)19-13-25-20-6-4-5-18(22(19)20)15-7-8-15/h4-6,13-17,25H,3,7-12H2,1-2H3,(H,28,29). The number of rotatable bonds is 6. The Bertz CT molecular complexity index is 968. The fourth-order valence-electron chi connectivity index (χ4n) is 5.90. The van der Waals surface area contributed by atoms with Crippen LogP contribution in [-0.4, -0.2) is 39.0 Å². The molecule has 2 saturated carbocycles. The molecule has 6 rings (SSSR count). The first-order chi connectivity index (χ1) is 13.9. The predicted octanol–water partition coefficient (Wildman–Crippen LogP) is 4.78. The average Bonchev–Trinajstić information content (AvgIpc) is 3.44. The van der Waals surface area contributed by atoms with Gasteiger partial charge in [0.15, 0.2) is 0 Å². The minimum absolute atomic E-state index is 0.0586. The molecule has 5 nitrogen and oxygen atoms in total. The fourth-order valence-corrected chi connectivity index (χ4v) is 5.90. The first kappa shape index (κ1) is 18.7. The van der Waals surface area contributed by atoms with Crippen LogP contribution in [-0.2, 0) is 9.59 Å². The van der Waals surface area contributed by atoms with E-state index in [0.717, 1.165) is 6.42 Å². The van der Waals surface area contributed by atoms with Crippen molar-refractivity contribution < 1.29 is 14.7 Å². The van der Waals surface area contributed by atoms with Crippen molar-refractivity contribution in [3.05, 3.63) is 35.5 Å². The molecule has 29 heavy (non-hydrogen) atoms. The van der Waals surface area contributed by atoms with Gasteiger partial charge in [0.05, 0.1) is 5.41 Å². The summed E-state index contributed by atoms with van der Waals surface area (Å²) in [6, 6.07) is 6.65. The molecule has 3 heterocycles. The Hall–Kier alpha value is -2.30. The van der Waals surface area contributed by atoms with Gasteiger partial charge in [-0.05, 0) is 67.6 Å². The Morgan fingerprint density at radius 3 is 2.69 bits per heavy atom. The number of carbonyl (C=O) groups excluding carboxylic acids is 1. The van der Waals surface area contributed by atoms with Gasteiger partial charge in [-0.1, -0.05) is 26.0 Å². The molecule has 0 radical (unpaired) electrons. The number of aromatic nitrogens is 1. The minimum atomic E-state index is -0.681. The summed E-state index contributed by atoms with van der Waals surface area (Å²) >= 11 is 0. The zero-order valence-electron chi connectivity index (χ0n) is 17.3. The van der Waals surface area contributed by atoms with Crippen LogP contribution in [0.15, 0.2) is 24.4 Å². The molecule has 154 valence electrons. The molecule has 4 aliphatic rings. The third-order valence-electron chi connectivity index (χ3n) is 7.68. The van der Waals surface area contributed by atoms with Crippen LogP contribution in [0.1, 0.15) is 81.8 Å². The number of hydrogen-bond donors (Lipinski definition) is 2. The summed E-state index contributed by atoms with van der Waals surface area (Å²) in [6.07, 6.45) is 7.76. The summed E-state index contributed by atoms with van der Waals surface area (Å²) in [5, 5.41) is 10.9. The summed E-state index contributed by atoms with van der Waals surface area (Å²) < 4.78 is 0. The van der Waals surface area contributed by atoms with Crippen LogP contribution < -0.4 is 0 Å². The number of nitrogens with zero attached hydrogens (tertiary/aromatic N) is 1. The highest BCUT2D eigenvalue weighted by Crippen LogP contribution is 2.54. The van der Waals surface area contributed by atoms with Crippen LogP contribution in [0.2, 0.25) is 0 Å². The Balaban J connectivity index is 1.36. The van der Waals surface area contributed by atoms with Gasteiger partial charge in [-0.15, -0.1) is 0 Å². The van der Waals surface area contributed by atoms with Crippen LogP contribution in [0.25, 0.3) is 10.9 Å². The number of aliphatic carboxylic acids is 1. The topological polar surface area (TPSA) is 73.4 Å². The number of fused-ring (bicyclic) bond motifs is 3. The third kappa shape index (κ3) is 2.89. The smallest absolute Gasteiger partial charge is 0.309 e. The first-order valence-electron chi connectivity index (χ1n) is 11.1. The van der Waals surface area contributed by atoms with E-state index in [2.05, 4.69) is 43.2 Å². The molecular weight excluding hydrogens is 364 g/mol. The molecule has 2 saturated heterocycles. The molecule has 1 aromatic carbocycles. The largest absolute Gasteiger partial charge is 0.481 e. The second-order valence-corrected chi connectivity index (χ2v) is 9.61. The zero-order chi connectivity index (χ0) is 20.3. The molecular formula is C24H30N2O3. The molecule has 2 aromatic rings. The van der Waals surface area contributed by atoms with E-state index in [4.69, 9.17) is 0 Å². The number of benzene rings is 1. The van der Waals surface area contributed by atoms with Gasteiger partial charge in [-0.2, -0.15) is 0 Å². The SMILES string of the molecule is CCC1CC2(C(=O)O)CC(C2)N1C(=O)CC(C)c1c[nH]c2cccc(C3CC3)c12. The Morgan fingerprint density at radius 2 is 2.03 bits per heavy atom. The molecule has 1 amide bonds. The molecule has 2 unspecified atom stereocenters. The van der Waals surface area contributed by atoms with E-state index in [9.17, 15) is 14.7 Å². The highest BCUT2D eigenvalue weighted by molar-refractivity contribution is 5.89. The van der Waals surface area contributed by atoms with E-state index in [1.165, 1.54) is 34.9 Å². The van der Waals surface area contributed by atoms with E-state index in [0.29, 0.717) is 31.6 Å². The van der Waals surface area contributed by atoms with Gasteiger partial charge < -0.3 is 15.0 Å². The summed E-state index contributed by atoms with van der Waals surface area (Å²) in [7, 11) is 0. The van der Waals surface area contributed by atoms with Crippen molar-refractivity contribution in [2.24, 2.45) is 5.41 Å². The number of carboxylic acids is 1. The van der Waals surface area contributed by atoms with Crippen molar-refractivity contribution >= 4 is 22.8 Å². The van der Waals surface area contributed by atoms with E-state index in [-0.39, 0.29) is 23.9 Å². The molecule has 2 aliphatic heterocycles. The summed E-state index contributed by atoms with van der Waals surface area (Å²) in [6.45, 7) is 4.22. The lowest BCUT2D eigenvalue weighted by Crippen LogP contribution is -2.66. The van der Waals surface area contributed by atoms with Crippen molar-refractivity contribution in [3.63, 3.8) is 0 Å². The van der Waals surface area contributed by atoms with E-state index in [1.807, 2.05) is 4.90 Å². The van der Waals surface area contributed by atoms with Crippen molar-refractivity contribution in [1.82, 2.24) is 9.88 Å². The lowest BCUT2D eigenvalue weighted by atomic mass is 9.57. The molecule has 2 atom stereocenters. The van der Waals surface area contributed by atoms with Crippen LogP contribution in [0, 0.1) is 5.41 Å². The van der Waals surface area contributed by atoms with E-state index < -0.39 is 11.4 Å². The van der Waals surface area contributed by atoms with Crippen LogP contribution in [0.3, 0.4) is 0 Å². The highest BCUT2D eigenvalue weighted by Gasteiger charge is 2.59. The molecule has 5 heteroatoms. The molecule has 4 fully saturated rings. The van der Waals surface area contributed by atoms with E-state index in [1.54, 1.807) is 0 Å². The normalized spacial score (nSPS) is 29.5. The van der Waals surface area contributed by atoms with Gasteiger partial charge in [-0.3, -0.25) is 9.59 Å². The van der Waals surface area contributed by atoms with Gasteiger partial charge in [0.25, 0.3) is 0 Å². The number of hydrogen-bond acceptors (Lipinski definition) is 2. The number of piperidine rings is 2. The number of nitrogens with one attached hydrogen (secondary N) is 1. The Kier molecular flexibility index (Phi) is 4.27. The number of H-pyrrole nitrogens is 1. The summed E-state index contributed by atoms with van der Waals surface area (Å²) in [5.74, 6) is 0.312. The molecule has 2 aliphatic carbocycles. The van der Waals surface area contributed by atoms with Crippen molar-refractivity contribution in [2.75, 3.05) is 0 Å². The Morgan fingerprint density at radius 1 is 1.28 bits per heavy atom. The van der Waals surface area contributed by atoms with Gasteiger partial charge >= 0.3 is 5.97 Å². The van der Waals surface area contributed by atoms with Gasteiger partial charge in [0.2, 0.25) is 5.91 Å². The van der Waals surface area contributed by atoms with Crippen LogP contribution in [0.5, 0.6) is 0 Å². The Labute approximate surface area is 171 Å². The number of amides is 1. The monoisotopic (exact) mass is 394 g/mol. The molecule has 2 bridgehead atoms. The number of carbonyl (C=O) groups is 2. The second kappa shape index (κ2) is 6.61. The van der Waals surface area contributed by atoms with Gasteiger partial charge in [0.1, 0.15) is 0 Å². The van der Waals surface area contributed by atoms with E-state index >= 15 is 0 Å². The molecule has 2 N–H and O–H groups in total. The van der Waals surface area contributed by atoms with Gasteiger partial charge in [-0.25, -0.2) is 0 Å². The quantitative estimate of drug-likeness (QED) is 0.740. The van der Waals surface area contributed by atoms with Gasteiger partial charge in [0, 0.05) is 35.6 Å². The fraction of sp³-hybridized carbons (Fsp3) is 0.583. The summed E-state index contributed by atoms with van der Waals surface area (Å²) in [5.41, 5.74) is 3.25. The number of aromatic amines is 1. The molecule has 1 aromatic heterocycles. The lowest BCUT2D eigenvalue weighted by Gasteiger charge is -2.58. The van der Waals surface area contributed by atoms with Crippen molar-refractivity contribution in [1.29, 1.82) is 0 Å².